The van der Waals surface area contributed by atoms with Gasteiger partial charge in [0.15, 0.2) is 0 Å². The van der Waals surface area contributed by atoms with Crippen molar-refractivity contribution in [3.8, 4) is 0 Å². The number of nitrogens with zero attached hydrogens (tertiary/aromatic N) is 1. The van der Waals surface area contributed by atoms with E-state index in [1.54, 1.807) is 6.07 Å². The Bertz CT molecular complexity index is 944. The van der Waals surface area contributed by atoms with Gasteiger partial charge in [0.05, 0.1) is 11.2 Å². The Morgan fingerprint density at radius 1 is 1.30 bits per heavy atom. The second-order valence-electron chi connectivity index (χ2n) is 7.13. The number of hydrogen-bond donors (Lipinski definition) is 4. The maximum absolute atomic E-state index is 12.4. The number of urea groups is 2. The highest BCUT2D eigenvalue weighted by Crippen LogP contribution is 2.37. The van der Waals surface area contributed by atoms with E-state index < -0.39 is 11.6 Å². The molecule has 1 aromatic heterocycles. The minimum Gasteiger partial charge on any atom is -0.337 e. The predicted octanol–water partition coefficient (Wildman–Crippen LogP) is 2.04. The first-order chi connectivity index (χ1) is 13.0. The van der Waals surface area contributed by atoms with Crippen LogP contribution in [0.2, 0.25) is 0 Å². The fourth-order valence-electron chi connectivity index (χ4n) is 4.05. The van der Waals surface area contributed by atoms with E-state index in [-0.39, 0.29) is 17.9 Å². The van der Waals surface area contributed by atoms with Crippen LogP contribution in [0.4, 0.5) is 15.3 Å². The Kier molecular flexibility index (Phi) is 4.18. The van der Waals surface area contributed by atoms with Gasteiger partial charge in [-0.3, -0.25) is 15.1 Å². The SMILES string of the molecule is Cc1ccc2cccc(NC(=O)NCC3CCCC34NC(=O)NC4=O)c2n1. The Labute approximate surface area is 156 Å². The van der Waals surface area contributed by atoms with Crippen LogP contribution in [0, 0.1) is 12.8 Å². The molecular formula is C19H21N5O3. The van der Waals surface area contributed by atoms with Gasteiger partial charge >= 0.3 is 12.1 Å². The smallest absolute Gasteiger partial charge is 0.322 e. The van der Waals surface area contributed by atoms with Crippen LogP contribution < -0.4 is 21.3 Å². The Morgan fingerprint density at radius 3 is 2.93 bits per heavy atom. The molecule has 8 nitrogen and oxygen atoms in total. The van der Waals surface area contributed by atoms with E-state index in [1.807, 2.05) is 31.2 Å². The third-order valence-corrected chi connectivity index (χ3v) is 5.41. The second kappa shape index (κ2) is 6.53. The summed E-state index contributed by atoms with van der Waals surface area (Å²) in [5.74, 6) is -0.437. The molecule has 0 bridgehead atoms. The molecule has 2 atom stereocenters. The number of aromatic nitrogens is 1. The normalized spacial score (nSPS) is 24.1. The summed E-state index contributed by atoms with van der Waals surface area (Å²) in [6.45, 7) is 2.20. The Morgan fingerprint density at radius 2 is 2.15 bits per heavy atom. The van der Waals surface area contributed by atoms with E-state index in [1.165, 1.54) is 0 Å². The molecule has 2 unspecified atom stereocenters. The molecule has 2 heterocycles. The first-order valence-corrected chi connectivity index (χ1v) is 9.03. The molecule has 2 fully saturated rings. The summed E-state index contributed by atoms with van der Waals surface area (Å²) in [7, 11) is 0. The van der Waals surface area contributed by atoms with Gasteiger partial charge in [0.25, 0.3) is 5.91 Å². The molecule has 8 heteroatoms. The maximum Gasteiger partial charge on any atom is 0.322 e. The van der Waals surface area contributed by atoms with E-state index in [0.29, 0.717) is 18.7 Å². The molecule has 1 saturated carbocycles. The number of anilines is 1. The molecule has 5 amide bonds. The number of hydrogen-bond acceptors (Lipinski definition) is 4. The quantitative estimate of drug-likeness (QED) is 0.622. The summed E-state index contributed by atoms with van der Waals surface area (Å²) in [6, 6.07) is 8.66. The number of amides is 5. The lowest BCUT2D eigenvalue weighted by atomic mass is 9.87. The lowest BCUT2D eigenvalue weighted by molar-refractivity contribution is -0.125. The van der Waals surface area contributed by atoms with E-state index in [2.05, 4.69) is 26.3 Å². The van der Waals surface area contributed by atoms with Gasteiger partial charge in [-0.1, -0.05) is 24.6 Å². The molecule has 1 aliphatic carbocycles. The van der Waals surface area contributed by atoms with Crippen LogP contribution in [0.15, 0.2) is 30.3 Å². The second-order valence-corrected chi connectivity index (χ2v) is 7.13. The first-order valence-electron chi connectivity index (χ1n) is 9.03. The van der Waals surface area contributed by atoms with Crippen molar-refractivity contribution in [2.45, 2.75) is 31.7 Å². The monoisotopic (exact) mass is 367 g/mol. The van der Waals surface area contributed by atoms with Gasteiger partial charge in [-0.2, -0.15) is 0 Å². The van der Waals surface area contributed by atoms with Crippen LogP contribution in [0.1, 0.15) is 25.0 Å². The van der Waals surface area contributed by atoms with Gasteiger partial charge in [0, 0.05) is 23.5 Å². The molecule has 1 aliphatic heterocycles. The summed E-state index contributed by atoms with van der Waals surface area (Å²) in [5, 5.41) is 11.7. The van der Waals surface area contributed by atoms with Crippen LogP contribution >= 0.6 is 0 Å². The van der Waals surface area contributed by atoms with E-state index >= 15 is 0 Å². The van der Waals surface area contributed by atoms with Crippen molar-refractivity contribution in [1.82, 2.24) is 20.9 Å². The molecule has 1 aromatic carbocycles. The average Bonchev–Trinajstić information content (AvgIpc) is 3.16. The number of carbonyl (C=O) groups is 3. The highest BCUT2D eigenvalue weighted by Gasteiger charge is 2.54. The number of nitrogens with one attached hydrogen (secondary N) is 4. The molecule has 4 rings (SSSR count). The lowest BCUT2D eigenvalue weighted by Crippen LogP contribution is -2.53. The lowest BCUT2D eigenvalue weighted by Gasteiger charge is -2.28. The number of imide groups is 1. The topological polar surface area (TPSA) is 112 Å². The number of para-hydroxylation sites is 1. The third kappa shape index (κ3) is 3.07. The molecule has 4 N–H and O–H groups in total. The number of fused-ring (bicyclic) bond motifs is 1. The van der Waals surface area contributed by atoms with Crippen LogP contribution in [-0.4, -0.2) is 35.0 Å². The van der Waals surface area contributed by atoms with Crippen LogP contribution in [0.3, 0.4) is 0 Å². The molecule has 2 aliphatic rings. The van der Waals surface area contributed by atoms with Gasteiger partial charge in [0.1, 0.15) is 5.54 Å². The third-order valence-electron chi connectivity index (χ3n) is 5.41. The van der Waals surface area contributed by atoms with Crippen molar-refractivity contribution >= 4 is 34.6 Å². The fraction of sp³-hybridized carbons (Fsp3) is 0.368. The number of benzene rings is 1. The minimum absolute atomic E-state index is 0.136. The van der Waals surface area contributed by atoms with Crippen LogP contribution in [0.5, 0.6) is 0 Å². The zero-order valence-corrected chi connectivity index (χ0v) is 15.0. The highest BCUT2D eigenvalue weighted by atomic mass is 16.2. The van der Waals surface area contributed by atoms with Gasteiger partial charge in [0.2, 0.25) is 0 Å². The summed E-state index contributed by atoms with van der Waals surface area (Å²) in [5.41, 5.74) is 1.32. The zero-order valence-electron chi connectivity index (χ0n) is 15.0. The van der Waals surface area contributed by atoms with Crippen molar-refractivity contribution in [2.24, 2.45) is 5.92 Å². The van der Waals surface area contributed by atoms with Crippen molar-refractivity contribution in [3.05, 3.63) is 36.0 Å². The molecule has 140 valence electrons. The highest BCUT2D eigenvalue weighted by molar-refractivity contribution is 6.07. The molecule has 27 heavy (non-hydrogen) atoms. The standard InChI is InChI=1S/C19H21N5O3/c1-11-7-8-12-4-2-6-14(15(12)21-11)22-17(26)20-10-13-5-3-9-19(13)16(25)23-18(27)24-19/h2,4,6-8,13H,3,5,9-10H2,1H3,(H2,20,22,26)(H2,23,24,25,27). The van der Waals surface area contributed by atoms with Crippen molar-refractivity contribution in [3.63, 3.8) is 0 Å². The molecule has 2 aromatic rings. The van der Waals surface area contributed by atoms with Gasteiger partial charge in [-0.05, 0) is 31.9 Å². The largest absolute Gasteiger partial charge is 0.337 e. The molecular weight excluding hydrogens is 346 g/mol. The van der Waals surface area contributed by atoms with Gasteiger partial charge in [-0.25, -0.2) is 9.59 Å². The number of pyridine rings is 1. The Hall–Kier alpha value is -3.16. The van der Waals surface area contributed by atoms with Crippen molar-refractivity contribution in [1.29, 1.82) is 0 Å². The summed E-state index contributed by atoms with van der Waals surface area (Å²) in [4.78, 5) is 40.7. The van der Waals surface area contributed by atoms with Gasteiger partial charge in [-0.15, -0.1) is 0 Å². The minimum atomic E-state index is -0.900. The first kappa shape index (κ1) is 17.3. The van der Waals surface area contributed by atoms with E-state index in [0.717, 1.165) is 29.4 Å². The van der Waals surface area contributed by atoms with Gasteiger partial charge < -0.3 is 16.0 Å². The summed E-state index contributed by atoms with van der Waals surface area (Å²) < 4.78 is 0. The molecule has 1 spiro atoms. The zero-order chi connectivity index (χ0) is 19.0. The summed E-state index contributed by atoms with van der Waals surface area (Å²) in [6.07, 6.45) is 2.18. The average molecular weight is 367 g/mol. The molecule has 0 radical (unpaired) electrons. The van der Waals surface area contributed by atoms with Crippen molar-refractivity contribution < 1.29 is 14.4 Å². The van der Waals surface area contributed by atoms with E-state index in [4.69, 9.17) is 0 Å². The van der Waals surface area contributed by atoms with Crippen molar-refractivity contribution in [2.75, 3.05) is 11.9 Å². The van der Waals surface area contributed by atoms with E-state index in [9.17, 15) is 14.4 Å². The number of rotatable bonds is 3. The van der Waals surface area contributed by atoms with Crippen LogP contribution in [-0.2, 0) is 4.79 Å². The van der Waals surface area contributed by atoms with Crippen LogP contribution in [0.25, 0.3) is 10.9 Å². The number of aryl methyl sites for hydroxylation is 1. The fourth-order valence-corrected chi connectivity index (χ4v) is 4.05. The Balaban J connectivity index is 1.44. The maximum atomic E-state index is 12.4. The predicted molar refractivity (Wildman–Crippen MR) is 100 cm³/mol. The number of carbonyl (C=O) groups excluding carboxylic acids is 3. The summed E-state index contributed by atoms with van der Waals surface area (Å²) >= 11 is 0. The molecule has 1 saturated heterocycles.